The molecule has 0 fully saturated rings. The second-order valence-corrected chi connectivity index (χ2v) is 5.44. The highest BCUT2D eigenvalue weighted by atomic mass is 35.5. The van der Waals surface area contributed by atoms with E-state index in [0.29, 0.717) is 6.54 Å². The largest absolute Gasteiger partial charge is 0.305 e. The molecule has 0 aliphatic carbocycles. The van der Waals surface area contributed by atoms with Gasteiger partial charge in [-0.1, -0.05) is 35.9 Å². The Morgan fingerprint density at radius 3 is 2.71 bits per heavy atom. The summed E-state index contributed by atoms with van der Waals surface area (Å²) in [6, 6.07) is 16.0. The summed E-state index contributed by atoms with van der Waals surface area (Å²) in [5.41, 5.74) is 3.94. The van der Waals surface area contributed by atoms with Crippen LogP contribution in [-0.2, 0) is 6.54 Å². The molecule has 3 aromatic rings. The molecule has 4 heteroatoms. The Morgan fingerprint density at radius 1 is 1.10 bits per heavy atom. The Labute approximate surface area is 129 Å². The summed E-state index contributed by atoms with van der Waals surface area (Å²) in [6.45, 7) is 2.78. The lowest BCUT2D eigenvalue weighted by molar-refractivity contribution is 0.568. The zero-order valence-corrected chi connectivity index (χ0v) is 12.5. The monoisotopic (exact) mass is 297 g/mol. The van der Waals surface area contributed by atoms with Gasteiger partial charge in [-0.05, 0) is 36.8 Å². The van der Waals surface area contributed by atoms with Gasteiger partial charge in [-0.3, -0.25) is 4.98 Å². The molecule has 1 aromatic heterocycles. The number of hydrogen-bond acceptors (Lipinski definition) is 3. The summed E-state index contributed by atoms with van der Waals surface area (Å²) < 4.78 is 0. The first-order valence-electron chi connectivity index (χ1n) is 6.92. The van der Waals surface area contributed by atoms with Crippen molar-refractivity contribution in [2.75, 3.05) is 0 Å². The fourth-order valence-corrected chi connectivity index (χ4v) is 2.43. The molecule has 0 spiro atoms. The number of benzene rings is 2. The molecule has 0 unspecified atom stereocenters. The molecule has 2 aromatic carbocycles. The molecule has 3 nitrogen and oxygen atoms in total. The molecule has 0 bridgehead atoms. The first-order valence-corrected chi connectivity index (χ1v) is 7.30. The fraction of sp³-hybridized carbons (Fsp3) is 0.176. The van der Waals surface area contributed by atoms with Crippen LogP contribution >= 0.6 is 11.6 Å². The maximum atomic E-state index is 6.02. The van der Waals surface area contributed by atoms with Gasteiger partial charge < -0.3 is 5.32 Å². The summed E-state index contributed by atoms with van der Waals surface area (Å²) in [4.78, 5) is 9.03. The van der Waals surface area contributed by atoms with Gasteiger partial charge >= 0.3 is 0 Å². The Morgan fingerprint density at radius 2 is 1.90 bits per heavy atom. The first kappa shape index (κ1) is 14.0. The summed E-state index contributed by atoms with van der Waals surface area (Å²) >= 11 is 6.02. The number of hydrogen-bond donors (Lipinski definition) is 1. The van der Waals surface area contributed by atoms with Crippen LogP contribution in [0.1, 0.15) is 24.2 Å². The molecule has 106 valence electrons. The molecule has 0 radical (unpaired) electrons. The van der Waals surface area contributed by atoms with E-state index in [1.54, 1.807) is 0 Å². The van der Waals surface area contributed by atoms with E-state index < -0.39 is 0 Å². The Balaban J connectivity index is 1.71. The highest BCUT2D eigenvalue weighted by Gasteiger charge is 2.06. The lowest BCUT2D eigenvalue weighted by Gasteiger charge is -2.14. The molecule has 0 amide bonds. The van der Waals surface area contributed by atoms with Crippen LogP contribution in [0.25, 0.3) is 11.0 Å². The highest BCUT2D eigenvalue weighted by Crippen LogP contribution is 2.17. The SMILES string of the molecule is C[C@H](NCc1cnc2ccccc2n1)c1cccc(Cl)c1. The number of nitrogens with one attached hydrogen (secondary N) is 1. The number of nitrogens with zero attached hydrogens (tertiary/aromatic N) is 2. The van der Waals surface area contributed by atoms with E-state index in [2.05, 4.69) is 28.3 Å². The van der Waals surface area contributed by atoms with E-state index in [-0.39, 0.29) is 6.04 Å². The van der Waals surface area contributed by atoms with Gasteiger partial charge in [-0.2, -0.15) is 0 Å². The minimum atomic E-state index is 0.206. The van der Waals surface area contributed by atoms with Gasteiger partial charge in [0.1, 0.15) is 0 Å². The third-order valence-electron chi connectivity index (χ3n) is 3.44. The third kappa shape index (κ3) is 3.38. The lowest BCUT2D eigenvalue weighted by Crippen LogP contribution is -2.18. The number of fused-ring (bicyclic) bond motifs is 1. The lowest BCUT2D eigenvalue weighted by atomic mass is 10.1. The van der Waals surface area contributed by atoms with Crippen molar-refractivity contribution in [3.63, 3.8) is 0 Å². The van der Waals surface area contributed by atoms with Crippen molar-refractivity contribution in [2.45, 2.75) is 19.5 Å². The van der Waals surface area contributed by atoms with Crippen LogP contribution < -0.4 is 5.32 Å². The van der Waals surface area contributed by atoms with Crippen LogP contribution in [0.5, 0.6) is 0 Å². The number of halogens is 1. The molecule has 0 saturated heterocycles. The van der Waals surface area contributed by atoms with Crippen LogP contribution in [-0.4, -0.2) is 9.97 Å². The van der Waals surface area contributed by atoms with Crippen molar-refractivity contribution in [2.24, 2.45) is 0 Å². The van der Waals surface area contributed by atoms with Crippen LogP contribution in [0.4, 0.5) is 0 Å². The smallest absolute Gasteiger partial charge is 0.0890 e. The summed E-state index contributed by atoms with van der Waals surface area (Å²) in [7, 11) is 0. The number of aromatic nitrogens is 2. The molecule has 0 saturated carbocycles. The van der Waals surface area contributed by atoms with E-state index in [4.69, 9.17) is 11.6 Å². The maximum Gasteiger partial charge on any atom is 0.0890 e. The minimum absolute atomic E-state index is 0.206. The summed E-state index contributed by atoms with van der Waals surface area (Å²) in [5, 5.41) is 4.20. The summed E-state index contributed by atoms with van der Waals surface area (Å²) in [5.74, 6) is 0. The van der Waals surface area contributed by atoms with Gasteiger partial charge in [0.15, 0.2) is 0 Å². The van der Waals surface area contributed by atoms with E-state index in [0.717, 1.165) is 27.3 Å². The van der Waals surface area contributed by atoms with E-state index in [9.17, 15) is 0 Å². The minimum Gasteiger partial charge on any atom is -0.305 e. The second-order valence-electron chi connectivity index (χ2n) is 5.01. The maximum absolute atomic E-state index is 6.02. The standard InChI is InChI=1S/C17H16ClN3/c1-12(13-5-4-6-14(18)9-13)19-10-15-11-20-16-7-2-3-8-17(16)21-15/h2-9,11-12,19H,10H2,1H3/t12-/m0/s1. The molecule has 0 aliphatic heterocycles. The van der Waals surface area contributed by atoms with Crippen LogP contribution in [0.2, 0.25) is 5.02 Å². The van der Waals surface area contributed by atoms with Crippen molar-refractivity contribution >= 4 is 22.6 Å². The average Bonchev–Trinajstić information content (AvgIpc) is 2.52. The molecule has 3 rings (SSSR count). The van der Waals surface area contributed by atoms with E-state index in [1.165, 1.54) is 0 Å². The molecule has 0 aliphatic rings. The van der Waals surface area contributed by atoms with Gasteiger partial charge in [-0.25, -0.2) is 4.98 Å². The second kappa shape index (κ2) is 6.20. The Bertz CT molecular complexity index is 758. The molecular weight excluding hydrogens is 282 g/mol. The zero-order chi connectivity index (χ0) is 14.7. The van der Waals surface area contributed by atoms with Gasteiger partial charge in [0.25, 0.3) is 0 Å². The molecule has 1 heterocycles. The molecular formula is C17H16ClN3. The molecule has 21 heavy (non-hydrogen) atoms. The van der Waals surface area contributed by atoms with Crippen molar-refractivity contribution in [1.82, 2.24) is 15.3 Å². The van der Waals surface area contributed by atoms with Crippen LogP contribution in [0.3, 0.4) is 0 Å². The summed E-state index contributed by atoms with van der Waals surface area (Å²) in [6.07, 6.45) is 1.82. The number of para-hydroxylation sites is 2. The fourth-order valence-electron chi connectivity index (χ4n) is 2.23. The quantitative estimate of drug-likeness (QED) is 0.786. The predicted molar refractivity (Wildman–Crippen MR) is 86.2 cm³/mol. The topological polar surface area (TPSA) is 37.8 Å². The zero-order valence-electron chi connectivity index (χ0n) is 11.8. The van der Waals surface area contributed by atoms with Crippen LogP contribution in [0.15, 0.2) is 54.7 Å². The Hall–Kier alpha value is -1.97. The first-order chi connectivity index (χ1) is 10.2. The van der Waals surface area contributed by atoms with Crippen molar-refractivity contribution in [3.8, 4) is 0 Å². The average molecular weight is 298 g/mol. The third-order valence-corrected chi connectivity index (χ3v) is 3.67. The van der Waals surface area contributed by atoms with Crippen molar-refractivity contribution < 1.29 is 0 Å². The van der Waals surface area contributed by atoms with Crippen molar-refractivity contribution in [3.05, 3.63) is 71.0 Å². The Kier molecular flexibility index (Phi) is 4.13. The normalized spacial score (nSPS) is 12.5. The van der Waals surface area contributed by atoms with Gasteiger partial charge in [0.2, 0.25) is 0 Å². The van der Waals surface area contributed by atoms with Gasteiger partial charge in [0.05, 0.1) is 22.9 Å². The van der Waals surface area contributed by atoms with Crippen molar-refractivity contribution in [1.29, 1.82) is 0 Å². The van der Waals surface area contributed by atoms with E-state index in [1.807, 2.05) is 48.7 Å². The van der Waals surface area contributed by atoms with Crippen LogP contribution in [0, 0.1) is 0 Å². The predicted octanol–water partition coefficient (Wildman–Crippen LogP) is 4.13. The molecule has 1 N–H and O–H groups in total. The van der Waals surface area contributed by atoms with Gasteiger partial charge in [-0.15, -0.1) is 0 Å². The van der Waals surface area contributed by atoms with Gasteiger partial charge in [0, 0.05) is 17.6 Å². The molecule has 1 atom stereocenters. The highest BCUT2D eigenvalue weighted by molar-refractivity contribution is 6.30. The van der Waals surface area contributed by atoms with E-state index >= 15 is 0 Å². The number of rotatable bonds is 4.